The number of rotatable bonds is 2. The van der Waals surface area contributed by atoms with Crippen molar-refractivity contribution in [3.05, 3.63) is 35.9 Å². The maximum absolute atomic E-state index is 12.5. The molecule has 0 N–H and O–H groups in total. The highest BCUT2D eigenvalue weighted by atomic mass is 19.1. The standard InChI is InChI=1S/C9H6FNO/c10-8(6-11)9(12)7-4-2-1-3-5-7/h1-5,8H/t8-/m0/s1. The Morgan fingerprint density at radius 3 is 2.50 bits per heavy atom. The SMILES string of the molecule is N#C[C@H](F)C(=O)c1ccccc1. The van der Waals surface area contributed by atoms with Gasteiger partial charge in [0.15, 0.2) is 0 Å². The summed E-state index contributed by atoms with van der Waals surface area (Å²) in [4.78, 5) is 11.0. The molecule has 0 aliphatic heterocycles. The molecule has 0 radical (unpaired) electrons. The Morgan fingerprint density at radius 1 is 1.42 bits per heavy atom. The molecule has 0 bridgehead atoms. The van der Waals surface area contributed by atoms with Crippen molar-refractivity contribution in [2.75, 3.05) is 0 Å². The van der Waals surface area contributed by atoms with Crippen LogP contribution < -0.4 is 0 Å². The van der Waals surface area contributed by atoms with Gasteiger partial charge in [0.1, 0.15) is 6.07 Å². The maximum atomic E-state index is 12.5. The van der Waals surface area contributed by atoms with Gasteiger partial charge in [-0.3, -0.25) is 4.79 Å². The first-order chi connectivity index (χ1) is 5.75. The van der Waals surface area contributed by atoms with E-state index in [9.17, 15) is 9.18 Å². The molecular weight excluding hydrogens is 157 g/mol. The monoisotopic (exact) mass is 163 g/mol. The normalized spacial score (nSPS) is 11.7. The van der Waals surface area contributed by atoms with Crippen molar-refractivity contribution in [2.24, 2.45) is 0 Å². The molecule has 0 unspecified atom stereocenters. The predicted octanol–water partition coefficient (Wildman–Crippen LogP) is 1.73. The van der Waals surface area contributed by atoms with E-state index in [0.29, 0.717) is 0 Å². The molecule has 0 spiro atoms. The van der Waals surface area contributed by atoms with Gasteiger partial charge in [-0.05, 0) is 0 Å². The van der Waals surface area contributed by atoms with Gasteiger partial charge in [0, 0.05) is 5.56 Å². The highest BCUT2D eigenvalue weighted by Gasteiger charge is 2.17. The lowest BCUT2D eigenvalue weighted by molar-refractivity contribution is 0.0918. The zero-order valence-corrected chi connectivity index (χ0v) is 6.20. The van der Waals surface area contributed by atoms with Gasteiger partial charge in [-0.2, -0.15) is 5.26 Å². The predicted molar refractivity (Wildman–Crippen MR) is 41.3 cm³/mol. The Morgan fingerprint density at radius 2 is 2.00 bits per heavy atom. The summed E-state index contributed by atoms with van der Waals surface area (Å²) in [5.41, 5.74) is 0.228. The van der Waals surface area contributed by atoms with E-state index in [4.69, 9.17) is 5.26 Å². The van der Waals surface area contributed by atoms with Crippen molar-refractivity contribution in [3.8, 4) is 6.07 Å². The van der Waals surface area contributed by atoms with E-state index in [-0.39, 0.29) is 5.56 Å². The number of hydrogen-bond donors (Lipinski definition) is 0. The molecule has 0 aliphatic rings. The Bertz CT molecular complexity index is 315. The fourth-order valence-corrected chi connectivity index (χ4v) is 0.807. The summed E-state index contributed by atoms with van der Waals surface area (Å²) in [5.74, 6) is -0.780. The van der Waals surface area contributed by atoms with E-state index in [2.05, 4.69) is 0 Å². The fraction of sp³-hybridized carbons (Fsp3) is 0.111. The molecule has 3 heteroatoms. The Hall–Kier alpha value is -1.69. The molecule has 0 saturated carbocycles. The van der Waals surface area contributed by atoms with Crippen LogP contribution in [0.2, 0.25) is 0 Å². The lowest BCUT2D eigenvalue weighted by atomic mass is 10.1. The number of Topliss-reactive ketones (excluding diaryl/α,β-unsaturated/α-hetero) is 1. The van der Waals surface area contributed by atoms with Crippen molar-refractivity contribution < 1.29 is 9.18 Å². The van der Waals surface area contributed by atoms with Crippen LogP contribution in [-0.2, 0) is 0 Å². The second kappa shape index (κ2) is 3.63. The zero-order valence-electron chi connectivity index (χ0n) is 6.20. The summed E-state index contributed by atoms with van der Waals surface area (Å²) < 4.78 is 12.5. The van der Waals surface area contributed by atoms with Gasteiger partial charge in [0.05, 0.1) is 0 Å². The minimum atomic E-state index is -2.05. The van der Waals surface area contributed by atoms with Crippen LogP contribution >= 0.6 is 0 Å². The number of alkyl halides is 1. The van der Waals surface area contributed by atoms with Gasteiger partial charge in [-0.1, -0.05) is 30.3 Å². The molecule has 0 amide bonds. The molecule has 2 nitrogen and oxygen atoms in total. The van der Waals surface area contributed by atoms with E-state index in [0.717, 1.165) is 0 Å². The van der Waals surface area contributed by atoms with Gasteiger partial charge in [0.25, 0.3) is 0 Å². The van der Waals surface area contributed by atoms with Crippen LogP contribution in [0, 0.1) is 11.3 Å². The zero-order chi connectivity index (χ0) is 8.97. The first kappa shape index (κ1) is 8.41. The number of nitrogens with zero attached hydrogens (tertiary/aromatic N) is 1. The van der Waals surface area contributed by atoms with Gasteiger partial charge in [-0.25, -0.2) is 4.39 Å². The van der Waals surface area contributed by atoms with E-state index in [1.54, 1.807) is 18.2 Å². The molecule has 1 aromatic carbocycles. The number of benzene rings is 1. The number of halogens is 1. The topological polar surface area (TPSA) is 40.9 Å². The van der Waals surface area contributed by atoms with Crippen molar-refractivity contribution >= 4 is 5.78 Å². The minimum Gasteiger partial charge on any atom is -0.290 e. The average molecular weight is 163 g/mol. The minimum absolute atomic E-state index is 0.228. The van der Waals surface area contributed by atoms with Crippen LogP contribution in [0.4, 0.5) is 4.39 Å². The lowest BCUT2D eigenvalue weighted by Gasteiger charge is -1.97. The summed E-state index contributed by atoms with van der Waals surface area (Å²) in [7, 11) is 0. The quantitative estimate of drug-likeness (QED) is 0.623. The third kappa shape index (κ3) is 1.67. The van der Waals surface area contributed by atoms with Gasteiger partial charge in [-0.15, -0.1) is 0 Å². The van der Waals surface area contributed by atoms with E-state index in [1.807, 2.05) is 0 Å². The van der Waals surface area contributed by atoms with E-state index >= 15 is 0 Å². The Balaban J connectivity index is 2.88. The van der Waals surface area contributed by atoms with Crippen molar-refractivity contribution in [1.29, 1.82) is 5.26 Å². The number of nitriles is 1. The Labute approximate surface area is 69.2 Å². The molecule has 1 rings (SSSR count). The molecule has 12 heavy (non-hydrogen) atoms. The lowest BCUT2D eigenvalue weighted by Crippen LogP contribution is -2.12. The molecule has 1 aromatic rings. The summed E-state index contributed by atoms with van der Waals surface area (Å²) >= 11 is 0. The van der Waals surface area contributed by atoms with Crippen molar-refractivity contribution in [2.45, 2.75) is 6.17 Å². The largest absolute Gasteiger partial charge is 0.290 e. The number of carbonyl (C=O) groups excluding carboxylic acids is 1. The molecule has 0 aromatic heterocycles. The van der Waals surface area contributed by atoms with E-state index < -0.39 is 12.0 Å². The number of ketones is 1. The van der Waals surface area contributed by atoms with Gasteiger partial charge >= 0.3 is 0 Å². The van der Waals surface area contributed by atoms with Crippen LogP contribution in [0.1, 0.15) is 10.4 Å². The van der Waals surface area contributed by atoms with Crippen LogP contribution in [0.3, 0.4) is 0 Å². The van der Waals surface area contributed by atoms with Crippen LogP contribution in [0.15, 0.2) is 30.3 Å². The third-order valence-electron chi connectivity index (χ3n) is 1.40. The highest BCUT2D eigenvalue weighted by Crippen LogP contribution is 2.04. The number of carbonyl (C=O) groups is 1. The van der Waals surface area contributed by atoms with Gasteiger partial charge < -0.3 is 0 Å². The van der Waals surface area contributed by atoms with Crippen LogP contribution in [0.25, 0.3) is 0 Å². The molecule has 0 saturated heterocycles. The number of hydrogen-bond acceptors (Lipinski definition) is 2. The maximum Gasteiger partial charge on any atom is 0.248 e. The second-order valence-corrected chi connectivity index (χ2v) is 2.22. The summed E-state index contributed by atoms with van der Waals surface area (Å²) in [5, 5.41) is 8.12. The van der Waals surface area contributed by atoms with E-state index in [1.165, 1.54) is 18.2 Å². The van der Waals surface area contributed by atoms with Crippen molar-refractivity contribution in [3.63, 3.8) is 0 Å². The van der Waals surface area contributed by atoms with Gasteiger partial charge in [0.2, 0.25) is 12.0 Å². The Kier molecular flexibility index (Phi) is 2.54. The highest BCUT2D eigenvalue weighted by molar-refractivity contribution is 6.00. The molecule has 1 atom stereocenters. The fourth-order valence-electron chi connectivity index (χ4n) is 0.807. The molecule has 0 aliphatic carbocycles. The summed E-state index contributed by atoms with van der Waals surface area (Å²) in [6.07, 6.45) is -2.05. The smallest absolute Gasteiger partial charge is 0.248 e. The summed E-state index contributed by atoms with van der Waals surface area (Å²) in [6.45, 7) is 0. The third-order valence-corrected chi connectivity index (χ3v) is 1.40. The van der Waals surface area contributed by atoms with Crippen LogP contribution in [0.5, 0.6) is 0 Å². The van der Waals surface area contributed by atoms with Crippen LogP contribution in [-0.4, -0.2) is 12.0 Å². The molecule has 60 valence electrons. The molecule has 0 heterocycles. The summed E-state index contributed by atoms with van der Waals surface area (Å²) in [6, 6.07) is 9.17. The second-order valence-electron chi connectivity index (χ2n) is 2.22. The molecular formula is C9H6FNO. The van der Waals surface area contributed by atoms with Crippen molar-refractivity contribution in [1.82, 2.24) is 0 Å². The average Bonchev–Trinajstić information content (AvgIpc) is 2.17. The first-order valence-corrected chi connectivity index (χ1v) is 3.38. The molecule has 0 fully saturated rings. The first-order valence-electron chi connectivity index (χ1n) is 3.38.